The molecule has 0 bridgehead atoms. The molecular weight excluding hydrogens is 454 g/mol. The number of nitrogens with one attached hydrogen (secondary N) is 3. The summed E-state index contributed by atoms with van der Waals surface area (Å²) in [4.78, 5) is 35.9. The maximum atomic E-state index is 13.4. The number of pyridine rings is 1. The molecule has 0 unspecified atom stereocenters. The number of benzene rings is 2. The Bertz CT molecular complexity index is 1620. The van der Waals surface area contributed by atoms with Crippen LogP contribution in [0, 0.1) is 6.92 Å². The molecule has 1 saturated heterocycles. The molecule has 0 radical (unpaired) electrons. The molecule has 182 valence electrons. The smallest absolute Gasteiger partial charge is 0.261 e. The number of rotatable bonds is 5. The van der Waals surface area contributed by atoms with Crippen molar-refractivity contribution in [1.29, 1.82) is 0 Å². The van der Waals surface area contributed by atoms with Gasteiger partial charge in [-0.2, -0.15) is 0 Å². The fourth-order valence-electron chi connectivity index (χ4n) is 4.71. The molecule has 3 N–H and O–H groups in total. The summed E-state index contributed by atoms with van der Waals surface area (Å²) < 4.78 is 5.49. The van der Waals surface area contributed by atoms with E-state index in [4.69, 9.17) is 9.72 Å². The molecule has 0 spiro atoms. The first-order valence-electron chi connectivity index (χ1n) is 12.1. The second-order valence-corrected chi connectivity index (χ2v) is 9.06. The van der Waals surface area contributed by atoms with Crippen LogP contribution in [0.5, 0.6) is 0 Å². The van der Waals surface area contributed by atoms with Crippen LogP contribution >= 0.6 is 0 Å². The average molecular weight is 482 g/mol. The highest BCUT2D eigenvalue weighted by Gasteiger charge is 2.21. The monoisotopic (exact) mass is 481 g/mol. The first kappa shape index (κ1) is 22.2. The average Bonchev–Trinajstić information content (AvgIpc) is 3.32. The van der Waals surface area contributed by atoms with Crippen molar-refractivity contribution < 1.29 is 4.74 Å². The topological polar surface area (TPSA) is 112 Å². The molecule has 4 heterocycles. The fraction of sp³-hybridized carbons (Fsp3) is 0.259. The third kappa shape index (κ3) is 4.07. The number of fused-ring (bicyclic) bond motifs is 2. The first-order chi connectivity index (χ1) is 17.6. The second-order valence-electron chi connectivity index (χ2n) is 9.06. The van der Waals surface area contributed by atoms with Gasteiger partial charge < -0.3 is 24.9 Å². The lowest BCUT2D eigenvalue weighted by atomic mass is 10.1. The highest BCUT2D eigenvalue weighted by atomic mass is 16.5. The van der Waals surface area contributed by atoms with Gasteiger partial charge in [0.2, 0.25) is 0 Å². The number of aryl methyl sites for hydroxylation is 1. The summed E-state index contributed by atoms with van der Waals surface area (Å²) in [6, 6.07) is 15.5. The highest BCUT2D eigenvalue weighted by Crippen LogP contribution is 2.33. The molecule has 1 aliphatic rings. The lowest BCUT2D eigenvalue weighted by Crippen LogP contribution is -2.36. The van der Waals surface area contributed by atoms with Gasteiger partial charge in [0, 0.05) is 36.1 Å². The molecule has 1 atom stereocenters. The Kier molecular flexibility index (Phi) is 5.61. The zero-order chi connectivity index (χ0) is 24.6. The molecular formula is C27H27N7O2. The lowest BCUT2D eigenvalue weighted by Gasteiger charge is -2.28. The Balaban J connectivity index is 1.47. The van der Waals surface area contributed by atoms with Gasteiger partial charge in [-0.15, -0.1) is 0 Å². The number of anilines is 2. The van der Waals surface area contributed by atoms with Crippen LogP contribution in [-0.4, -0.2) is 51.2 Å². The van der Waals surface area contributed by atoms with E-state index in [0.29, 0.717) is 22.9 Å². The normalized spacial score (nSPS) is 14.9. The minimum absolute atomic E-state index is 0.221. The summed E-state index contributed by atoms with van der Waals surface area (Å²) in [7, 11) is 0. The maximum absolute atomic E-state index is 13.4. The van der Waals surface area contributed by atoms with Gasteiger partial charge in [-0.3, -0.25) is 4.79 Å². The van der Waals surface area contributed by atoms with E-state index in [9.17, 15) is 4.79 Å². The van der Waals surface area contributed by atoms with Gasteiger partial charge in [-0.1, -0.05) is 18.2 Å². The van der Waals surface area contributed by atoms with Gasteiger partial charge in [0.25, 0.3) is 5.56 Å². The van der Waals surface area contributed by atoms with Crippen molar-refractivity contribution in [2.45, 2.75) is 19.9 Å². The van der Waals surface area contributed by atoms with Crippen LogP contribution in [0.1, 0.15) is 24.5 Å². The summed E-state index contributed by atoms with van der Waals surface area (Å²) in [6.07, 6.45) is 1.75. The van der Waals surface area contributed by atoms with Crippen molar-refractivity contribution in [3.63, 3.8) is 0 Å². The number of morpholine rings is 1. The van der Waals surface area contributed by atoms with Crippen LogP contribution in [0.15, 0.2) is 59.5 Å². The van der Waals surface area contributed by atoms with Crippen LogP contribution in [0.3, 0.4) is 0 Å². The van der Waals surface area contributed by atoms with E-state index < -0.39 is 0 Å². The van der Waals surface area contributed by atoms with Crippen LogP contribution in [-0.2, 0) is 4.74 Å². The van der Waals surface area contributed by atoms with Crippen molar-refractivity contribution >= 4 is 33.3 Å². The lowest BCUT2D eigenvalue weighted by molar-refractivity contribution is 0.122. The van der Waals surface area contributed by atoms with Crippen LogP contribution < -0.4 is 15.8 Å². The minimum atomic E-state index is -0.230. The van der Waals surface area contributed by atoms with E-state index >= 15 is 0 Å². The summed E-state index contributed by atoms with van der Waals surface area (Å²) in [6.45, 7) is 7.06. The SMILES string of the molecule is Cc1ccnc([C@H](C)Nc2c(-c3nc4ccc(N5CCOCC5)cc4[nH]3)c(=O)[nH]c3ccccc23)n1. The van der Waals surface area contributed by atoms with E-state index in [1.165, 1.54) is 0 Å². The number of hydrogen-bond acceptors (Lipinski definition) is 7. The molecule has 0 saturated carbocycles. The van der Waals surface area contributed by atoms with Crippen LogP contribution in [0.4, 0.5) is 11.4 Å². The zero-order valence-electron chi connectivity index (χ0n) is 20.2. The number of H-pyrrole nitrogens is 2. The van der Waals surface area contributed by atoms with Crippen molar-refractivity contribution in [3.05, 3.63) is 76.6 Å². The maximum Gasteiger partial charge on any atom is 0.261 e. The van der Waals surface area contributed by atoms with Gasteiger partial charge in [0.15, 0.2) is 0 Å². The molecule has 1 aliphatic heterocycles. The second kappa shape index (κ2) is 9.09. The first-order valence-corrected chi connectivity index (χ1v) is 12.1. The number of nitrogens with zero attached hydrogens (tertiary/aromatic N) is 4. The van der Waals surface area contributed by atoms with Gasteiger partial charge in [-0.25, -0.2) is 15.0 Å². The quantitative estimate of drug-likeness (QED) is 0.345. The minimum Gasteiger partial charge on any atom is -0.378 e. The molecule has 2 aromatic carbocycles. The van der Waals surface area contributed by atoms with E-state index in [2.05, 4.69) is 42.3 Å². The molecule has 6 rings (SSSR count). The highest BCUT2D eigenvalue weighted by molar-refractivity contribution is 5.99. The van der Waals surface area contributed by atoms with Gasteiger partial charge >= 0.3 is 0 Å². The number of aromatic amines is 2. The number of aromatic nitrogens is 5. The fourth-order valence-corrected chi connectivity index (χ4v) is 4.71. The van der Waals surface area contributed by atoms with Crippen molar-refractivity contribution in [1.82, 2.24) is 24.9 Å². The Morgan fingerprint density at radius 1 is 1.03 bits per heavy atom. The van der Waals surface area contributed by atoms with Crippen LogP contribution in [0.25, 0.3) is 33.3 Å². The van der Waals surface area contributed by atoms with Crippen molar-refractivity contribution in [2.75, 3.05) is 36.5 Å². The van der Waals surface area contributed by atoms with E-state index in [1.54, 1.807) is 6.20 Å². The van der Waals surface area contributed by atoms with Crippen LogP contribution in [0.2, 0.25) is 0 Å². The third-order valence-corrected chi connectivity index (χ3v) is 6.56. The van der Waals surface area contributed by atoms with E-state index in [-0.39, 0.29) is 11.6 Å². The molecule has 36 heavy (non-hydrogen) atoms. The summed E-state index contributed by atoms with van der Waals surface area (Å²) in [5.74, 6) is 1.17. The van der Waals surface area contributed by atoms with E-state index in [1.807, 2.05) is 50.2 Å². The number of hydrogen-bond donors (Lipinski definition) is 3. The predicted molar refractivity (Wildman–Crippen MR) is 141 cm³/mol. The molecule has 1 fully saturated rings. The molecule has 0 aliphatic carbocycles. The van der Waals surface area contributed by atoms with E-state index in [0.717, 1.165) is 59.6 Å². The van der Waals surface area contributed by atoms with Gasteiger partial charge in [-0.05, 0) is 44.2 Å². The molecule has 0 amide bonds. The standard InChI is InChI=1S/C27H27N7O2/c1-16-9-10-28-25(29-16)17(2)30-24-19-5-3-4-6-20(19)33-27(35)23(24)26-31-21-8-7-18(15-22(21)32-26)34-11-13-36-14-12-34/h3-10,15,17H,11-14H2,1-2H3,(H,31,32)(H2,30,33,35)/t17-/m0/s1. The molecule has 9 heteroatoms. The molecule has 9 nitrogen and oxygen atoms in total. The Morgan fingerprint density at radius 2 is 1.86 bits per heavy atom. The Hall–Kier alpha value is -4.24. The third-order valence-electron chi connectivity index (χ3n) is 6.56. The summed E-state index contributed by atoms with van der Waals surface area (Å²) >= 11 is 0. The predicted octanol–water partition coefficient (Wildman–Crippen LogP) is 4.18. The van der Waals surface area contributed by atoms with Crippen molar-refractivity contribution in [3.8, 4) is 11.4 Å². The molecule has 3 aromatic heterocycles. The molecule has 5 aromatic rings. The van der Waals surface area contributed by atoms with Crippen molar-refractivity contribution in [2.24, 2.45) is 0 Å². The number of ether oxygens (including phenoxy) is 1. The Labute approximate surface area is 207 Å². The number of para-hydroxylation sites is 1. The van der Waals surface area contributed by atoms with Gasteiger partial charge in [0.1, 0.15) is 17.2 Å². The Morgan fingerprint density at radius 3 is 2.69 bits per heavy atom. The summed E-state index contributed by atoms with van der Waals surface area (Å²) in [5.41, 5.74) is 5.35. The zero-order valence-corrected chi connectivity index (χ0v) is 20.2. The largest absolute Gasteiger partial charge is 0.378 e. The van der Waals surface area contributed by atoms with Gasteiger partial charge in [0.05, 0.1) is 41.5 Å². The summed E-state index contributed by atoms with van der Waals surface area (Å²) in [5, 5.41) is 4.41. The number of imidazole rings is 1.